The van der Waals surface area contributed by atoms with Crippen LogP contribution in [0.5, 0.6) is 0 Å². The van der Waals surface area contributed by atoms with Crippen LogP contribution in [-0.4, -0.2) is 29.1 Å². The van der Waals surface area contributed by atoms with Crippen molar-refractivity contribution in [3.63, 3.8) is 0 Å². The highest BCUT2D eigenvalue weighted by Gasteiger charge is 2.26. The van der Waals surface area contributed by atoms with E-state index in [1.165, 1.54) is 12.8 Å². The molecule has 0 unspecified atom stereocenters. The molecule has 1 aromatic heterocycles. The fourth-order valence-corrected chi connectivity index (χ4v) is 2.70. The van der Waals surface area contributed by atoms with Crippen LogP contribution in [0.1, 0.15) is 36.7 Å². The molecular formula is C17H20N2O2. The van der Waals surface area contributed by atoms with Gasteiger partial charge >= 0.3 is 5.97 Å². The average molecular weight is 284 g/mol. The van der Waals surface area contributed by atoms with E-state index in [-0.39, 0.29) is 5.69 Å². The number of hydrogen-bond acceptors (Lipinski definition) is 3. The molecule has 0 amide bonds. The van der Waals surface area contributed by atoms with Crippen LogP contribution >= 0.6 is 0 Å². The Kier molecular flexibility index (Phi) is 3.78. The van der Waals surface area contributed by atoms with Gasteiger partial charge in [0.1, 0.15) is 5.82 Å². The standard InChI is InChI=1S/C17H20N2O2/c1-2-9-19(11-12-7-8-12)16-14-6-4-3-5-13(14)10-15(18-16)17(20)21/h3-6,10,12H,2,7-9,11H2,1H3,(H,20,21). The molecule has 0 saturated heterocycles. The second-order valence-electron chi connectivity index (χ2n) is 5.75. The van der Waals surface area contributed by atoms with Gasteiger partial charge in [-0.05, 0) is 36.6 Å². The lowest BCUT2D eigenvalue weighted by atomic mass is 10.1. The first kappa shape index (κ1) is 13.9. The zero-order valence-electron chi connectivity index (χ0n) is 12.2. The maximum Gasteiger partial charge on any atom is 0.354 e. The van der Waals surface area contributed by atoms with E-state index >= 15 is 0 Å². The van der Waals surface area contributed by atoms with Crippen LogP contribution in [0.15, 0.2) is 30.3 Å². The first-order valence-corrected chi connectivity index (χ1v) is 7.57. The molecule has 1 aromatic carbocycles. The number of fused-ring (bicyclic) bond motifs is 1. The summed E-state index contributed by atoms with van der Waals surface area (Å²) in [6.45, 7) is 4.04. The van der Waals surface area contributed by atoms with Gasteiger partial charge in [0.25, 0.3) is 0 Å². The fraction of sp³-hybridized carbons (Fsp3) is 0.412. The molecule has 1 aliphatic rings. The predicted molar refractivity (Wildman–Crippen MR) is 83.9 cm³/mol. The van der Waals surface area contributed by atoms with E-state index in [0.29, 0.717) is 0 Å². The fourth-order valence-electron chi connectivity index (χ4n) is 2.70. The molecule has 1 aliphatic carbocycles. The van der Waals surface area contributed by atoms with E-state index in [2.05, 4.69) is 16.8 Å². The van der Waals surface area contributed by atoms with Gasteiger partial charge in [-0.3, -0.25) is 0 Å². The van der Waals surface area contributed by atoms with Gasteiger partial charge in [0.15, 0.2) is 5.69 Å². The van der Waals surface area contributed by atoms with Crippen molar-refractivity contribution in [3.8, 4) is 0 Å². The Balaban J connectivity index is 2.10. The first-order chi connectivity index (χ1) is 10.2. The van der Waals surface area contributed by atoms with Crippen molar-refractivity contribution in [3.05, 3.63) is 36.0 Å². The van der Waals surface area contributed by atoms with Crippen molar-refractivity contribution in [2.45, 2.75) is 26.2 Å². The summed E-state index contributed by atoms with van der Waals surface area (Å²) in [7, 11) is 0. The molecule has 2 aromatic rings. The molecule has 1 fully saturated rings. The van der Waals surface area contributed by atoms with Gasteiger partial charge in [-0.1, -0.05) is 31.2 Å². The van der Waals surface area contributed by atoms with Gasteiger partial charge < -0.3 is 10.0 Å². The monoisotopic (exact) mass is 284 g/mol. The summed E-state index contributed by atoms with van der Waals surface area (Å²) in [4.78, 5) is 18.0. The molecule has 21 heavy (non-hydrogen) atoms. The highest BCUT2D eigenvalue weighted by Crippen LogP contribution is 2.33. The normalized spacial score (nSPS) is 14.3. The summed E-state index contributed by atoms with van der Waals surface area (Å²) < 4.78 is 0. The maximum absolute atomic E-state index is 11.3. The third-order valence-corrected chi connectivity index (χ3v) is 3.91. The van der Waals surface area contributed by atoms with Crippen LogP contribution < -0.4 is 4.90 Å². The lowest BCUT2D eigenvalue weighted by Crippen LogP contribution is -2.28. The summed E-state index contributed by atoms with van der Waals surface area (Å²) in [5.41, 5.74) is 0.126. The summed E-state index contributed by atoms with van der Waals surface area (Å²) in [5, 5.41) is 11.3. The third-order valence-electron chi connectivity index (χ3n) is 3.91. The number of hydrogen-bond donors (Lipinski definition) is 1. The van der Waals surface area contributed by atoms with Gasteiger partial charge in [-0.15, -0.1) is 0 Å². The van der Waals surface area contributed by atoms with Crippen molar-refractivity contribution in [2.24, 2.45) is 5.92 Å². The Labute approximate surface area is 124 Å². The molecule has 0 spiro atoms. The number of carboxylic acids is 1. The number of carbonyl (C=O) groups is 1. The Morgan fingerprint density at radius 2 is 2.14 bits per heavy atom. The number of nitrogens with zero attached hydrogens (tertiary/aromatic N) is 2. The molecule has 1 saturated carbocycles. The Morgan fingerprint density at radius 3 is 2.81 bits per heavy atom. The van der Waals surface area contributed by atoms with E-state index in [9.17, 15) is 9.90 Å². The van der Waals surface area contributed by atoms with Crippen molar-refractivity contribution in [1.82, 2.24) is 4.98 Å². The number of benzene rings is 1. The molecule has 0 radical (unpaired) electrons. The lowest BCUT2D eigenvalue weighted by Gasteiger charge is -2.25. The van der Waals surface area contributed by atoms with Gasteiger partial charge in [0.05, 0.1) is 0 Å². The van der Waals surface area contributed by atoms with Crippen LogP contribution in [-0.2, 0) is 0 Å². The lowest BCUT2D eigenvalue weighted by molar-refractivity contribution is 0.0691. The van der Waals surface area contributed by atoms with Crippen LogP contribution in [0.25, 0.3) is 10.8 Å². The summed E-state index contributed by atoms with van der Waals surface area (Å²) >= 11 is 0. The minimum absolute atomic E-state index is 0.126. The minimum Gasteiger partial charge on any atom is -0.477 e. The van der Waals surface area contributed by atoms with Crippen molar-refractivity contribution in [1.29, 1.82) is 0 Å². The molecular weight excluding hydrogens is 264 g/mol. The van der Waals surface area contributed by atoms with Gasteiger partial charge in [0.2, 0.25) is 0 Å². The highest BCUT2D eigenvalue weighted by molar-refractivity contribution is 5.98. The quantitative estimate of drug-likeness (QED) is 0.881. The first-order valence-electron chi connectivity index (χ1n) is 7.57. The second-order valence-corrected chi connectivity index (χ2v) is 5.75. The molecule has 1 N–H and O–H groups in total. The summed E-state index contributed by atoms with van der Waals surface area (Å²) in [5.74, 6) is 0.592. The zero-order valence-corrected chi connectivity index (χ0v) is 12.2. The summed E-state index contributed by atoms with van der Waals surface area (Å²) in [6.07, 6.45) is 3.58. The van der Waals surface area contributed by atoms with E-state index in [1.54, 1.807) is 6.07 Å². The predicted octanol–water partition coefficient (Wildman–Crippen LogP) is 3.56. The average Bonchev–Trinajstić information content (AvgIpc) is 3.29. The molecule has 4 nitrogen and oxygen atoms in total. The highest BCUT2D eigenvalue weighted by atomic mass is 16.4. The zero-order chi connectivity index (χ0) is 14.8. The summed E-state index contributed by atoms with van der Waals surface area (Å²) in [6, 6.07) is 9.55. The second kappa shape index (κ2) is 5.72. The molecule has 4 heteroatoms. The Morgan fingerprint density at radius 1 is 1.38 bits per heavy atom. The molecule has 1 heterocycles. The van der Waals surface area contributed by atoms with Crippen LogP contribution in [0.4, 0.5) is 5.82 Å². The maximum atomic E-state index is 11.3. The van der Waals surface area contributed by atoms with Gasteiger partial charge in [0, 0.05) is 18.5 Å². The number of rotatable bonds is 6. The van der Waals surface area contributed by atoms with E-state index in [4.69, 9.17) is 0 Å². The van der Waals surface area contributed by atoms with Crippen molar-refractivity contribution in [2.75, 3.05) is 18.0 Å². The molecule has 0 bridgehead atoms. The van der Waals surface area contributed by atoms with Crippen LogP contribution in [0, 0.1) is 5.92 Å². The number of carboxylic acid groups (broad SMARTS) is 1. The number of aromatic nitrogens is 1. The molecule has 0 atom stereocenters. The van der Waals surface area contributed by atoms with E-state index < -0.39 is 5.97 Å². The number of aromatic carboxylic acids is 1. The Hall–Kier alpha value is -2.10. The number of anilines is 1. The van der Waals surface area contributed by atoms with Crippen LogP contribution in [0.2, 0.25) is 0 Å². The van der Waals surface area contributed by atoms with Crippen molar-refractivity contribution >= 4 is 22.6 Å². The van der Waals surface area contributed by atoms with Gasteiger partial charge in [-0.25, -0.2) is 9.78 Å². The topological polar surface area (TPSA) is 53.4 Å². The van der Waals surface area contributed by atoms with Crippen LogP contribution in [0.3, 0.4) is 0 Å². The van der Waals surface area contributed by atoms with Crippen molar-refractivity contribution < 1.29 is 9.90 Å². The smallest absolute Gasteiger partial charge is 0.354 e. The van der Waals surface area contributed by atoms with E-state index in [1.807, 2.05) is 24.3 Å². The minimum atomic E-state index is -0.968. The number of pyridine rings is 1. The molecule has 3 rings (SSSR count). The molecule has 110 valence electrons. The van der Waals surface area contributed by atoms with Gasteiger partial charge in [-0.2, -0.15) is 0 Å². The third kappa shape index (κ3) is 2.99. The van der Waals surface area contributed by atoms with E-state index in [0.717, 1.165) is 42.0 Å². The Bertz CT molecular complexity index is 665. The largest absolute Gasteiger partial charge is 0.477 e. The molecule has 0 aliphatic heterocycles. The SMILES string of the molecule is CCCN(CC1CC1)c1nc(C(=O)O)cc2ccccc12.